The van der Waals surface area contributed by atoms with Gasteiger partial charge in [0, 0.05) is 25.6 Å². The lowest BCUT2D eigenvalue weighted by atomic mass is 9.98. The van der Waals surface area contributed by atoms with Crippen LogP contribution in [0.3, 0.4) is 0 Å². The highest BCUT2D eigenvalue weighted by Crippen LogP contribution is 2.31. The van der Waals surface area contributed by atoms with Gasteiger partial charge in [-0.15, -0.1) is 0 Å². The maximum Gasteiger partial charge on any atom is 0.249 e. The first kappa shape index (κ1) is 26.2. The molecule has 0 saturated carbocycles. The molecule has 1 unspecified atom stereocenters. The Kier molecular flexibility index (Phi) is 12.0. The molecule has 1 aliphatic heterocycles. The van der Waals surface area contributed by atoms with Crippen molar-refractivity contribution in [1.29, 1.82) is 0 Å². The molecule has 2 N–H and O–H groups in total. The predicted molar refractivity (Wildman–Crippen MR) is 126 cm³/mol. The van der Waals surface area contributed by atoms with Crippen LogP contribution in [0.2, 0.25) is 0 Å². The van der Waals surface area contributed by atoms with E-state index in [2.05, 4.69) is 22.5 Å². The Morgan fingerprint density at radius 1 is 1.23 bits per heavy atom. The van der Waals surface area contributed by atoms with Crippen molar-refractivity contribution >= 4 is 30.1 Å². The second kappa shape index (κ2) is 14.2. The molecule has 31 heavy (non-hydrogen) atoms. The fourth-order valence-electron chi connectivity index (χ4n) is 3.45. The van der Waals surface area contributed by atoms with Gasteiger partial charge in [0.15, 0.2) is 0 Å². The van der Waals surface area contributed by atoms with E-state index in [0.29, 0.717) is 37.3 Å². The van der Waals surface area contributed by atoms with E-state index < -0.39 is 11.9 Å². The molecule has 7 heteroatoms. The third-order valence-electron chi connectivity index (χ3n) is 5.01. The molecule has 1 aromatic rings. The first-order chi connectivity index (χ1) is 15.0. The number of imide groups is 1. The summed E-state index contributed by atoms with van der Waals surface area (Å²) in [5.74, 6) is 6.51. The van der Waals surface area contributed by atoms with Crippen molar-refractivity contribution in [3.8, 4) is 11.8 Å². The largest absolute Gasteiger partial charge is 0.376 e. The Labute approximate surface area is 186 Å². The van der Waals surface area contributed by atoms with Crippen LogP contribution in [-0.2, 0) is 14.4 Å². The number of anilines is 2. The summed E-state index contributed by atoms with van der Waals surface area (Å²) in [5, 5.41) is 5.51. The van der Waals surface area contributed by atoms with Gasteiger partial charge in [-0.2, -0.15) is 0 Å². The standard InChI is InChI=1S/C22H30N4O3.C2H6/c1-4-5-20(22(29)24-15-27)26(16-28)19-9-8-18(14-21(19)25(2)3)7-6-17-10-12-23-13-11-17;1-2/h8-9,14-17,20,23H,4-5,10-13H2,1-3H3,(H,24,27,29);1-2H3. The van der Waals surface area contributed by atoms with Gasteiger partial charge in [0.05, 0.1) is 11.4 Å². The van der Waals surface area contributed by atoms with Crippen LogP contribution < -0.4 is 20.4 Å². The minimum atomic E-state index is -0.756. The quantitative estimate of drug-likeness (QED) is 0.491. The fraction of sp³-hybridized carbons (Fsp3) is 0.542. The van der Waals surface area contributed by atoms with E-state index in [1.165, 1.54) is 4.90 Å². The predicted octanol–water partition coefficient (Wildman–Crippen LogP) is 2.53. The highest BCUT2D eigenvalue weighted by atomic mass is 16.2. The summed E-state index contributed by atoms with van der Waals surface area (Å²) in [5.41, 5.74) is 2.26. The van der Waals surface area contributed by atoms with Crippen LogP contribution in [0.1, 0.15) is 52.0 Å². The first-order valence-corrected chi connectivity index (χ1v) is 11.0. The zero-order valence-corrected chi connectivity index (χ0v) is 19.4. The summed E-state index contributed by atoms with van der Waals surface area (Å²) in [6, 6.07) is 4.86. The number of benzene rings is 1. The number of amides is 3. The summed E-state index contributed by atoms with van der Waals surface area (Å²) >= 11 is 0. The Morgan fingerprint density at radius 2 is 1.90 bits per heavy atom. The molecule has 0 aliphatic carbocycles. The SMILES string of the molecule is CC.CCCC(C(=O)NC=O)N(C=O)c1ccc(C#CC2CCNCC2)cc1N(C)C. The van der Waals surface area contributed by atoms with E-state index in [-0.39, 0.29) is 0 Å². The minimum Gasteiger partial charge on any atom is -0.376 e. The molecule has 1 heterocycles. The van der Waals surface area contributed by atoms with Crippen molar-refractivity contribution < 1.29 is 14.4 Å². The number of carbonyl (C=O) groups excluding carboxylic acids is 3. The Balaban J connectivity index is 0.00000233. The fourth-order valence-corrected chi connectivity index (χ4v) is 3.45. The summed E-state index contributed by atoms with van der Waals surface area (Å²) in [6.45, 7) is 7.92. The van der Waals surface area contributed by atoms with Gasteiger partial charge in [-0.3, -0.25) is 19.7 Å². The second-order valence-corrected chi connectivity index (χ2v) is 7.34. The van der Waals surface area contributed by atoms with E-state index in [0.717, 1.165) is 37.2 Å². The minimum absolute atomic E-state index is 0.348. The van der Waals surface area contributed by atoms with Crippen LogP contribution >= 0.6 is 0 Å². The molecule has 2 rings (SSSR count). The number of piperidine rings is 1. The lowest BCUT2D eigenvalue weighted by molar-refractivity contribution is -0.127. The monoisotopic (exact) mass is 428 g/mol. The van der Waals surface area contributed by atoms with E-state index in [1.807, 2.05) is 58.0 Å². The molecule has 0 aromatic heterocycles. The molecule has 7 nitrogen and oxygen atoms in total. The molecular formula is C24H36N4O3. The molecule has 1 aromatic carbocycles. The molecule has 3 amide bonds. The van der Waals surface area contributed by atoms with Gasteiger partial charge < -0.3 is 15.1 Å². The Hall–Kier alpha value is -2.85. The van der Waals surface area contributed by atoms with Gasteiger partial charge in [0.25, 0.3) is 0 Å². The summed E-state index contributed by atoms with van der Waals surface area (Å²) in [6.07, 6.45) is 4.23. The van der Waals surface area contributed by atoms with Crippen LogP contribution in [0, 0.1) is 17.8 Å². The highest BCUT2D eigenvalue weighted by Gasteiger charge is 2.27. The van der Waals surface area contributed by atoms with Crippen molar-refractivity contribution in [3.63, 3.8) is 0 Å². The van der Waals surface area contributed by atoms with Crippen molar-refractivity contribution in [2.45, 2.75) is 52.5 Å². The Bertz CT molecular complexity index is 777. The van der Waals surface area contributed by atoms with Crippen molar-refractivity contribution in [3.05, 3.63) is 23.8 Å². The summed E-state index contributed by atoms with van der Waals surface area (Å²) in [4.78, 5) is 38.3. The number of carbonyl (C=O) groups is 3. The summed E-state index contributed by atoms with van der Waals surface area (Å²) < 4.78 is 0. The maximum atomic E-state index is 12.3. The number of hydrogen-bond acceptors (Lipinski definition) is 5. The van der Waals surface area contributed by atoms with Crippen molar-refractivity contribution in [2.75, 3.05) is 37.0 Å². The maximum absolute atomic E-state index is 12.3. The smallest absolute Gasteiger partial charge is 0.249 e. The van der Waals surface area contributed by atoms with Crippen LogP contribution in [0.25, 0.3) is 0 Å². The van der Waals surface area contributed by atoms with E-state index in [1.54, 1.807) is 0 Å². The van der Waals surface area contributed by atoms with Crippen LogP contribution in [0.4, 0.5) is 11.4 Å². The third kappa shape index (κ3) is 7.72. The molecule has 1 saturated heterocycles. The first-order valence-electron chi connectivity index (χ1n) is 11.0. The van der Waals surface area contributed by atoms with Gasteiger partial charge in [-0.1, -0.05) is 39.0 Å². The van der Waals surface area contributed by atoms with Crippen LogP contribution in [0.15, 0.2) is 18.2 Å². The van der Waals surface area contributed by atoms with Gasteiger partial charge in [-0.25, -0.2) is 0 Å². The van der Waals surface area contributed by atoms with Crippen molar-refractivity contribution in [2.24, 2.45) is 5.92 Å². The summed E-state index contributed by atoms with van der Waals surface area (Å²) in [7, 11) is 3.76. The van der Waals surface area contributed by atoms with Gasteiger partial charge in [0.1, 0.15) is 6.04 Å². The van der Waals surface area contributed by atoms with E-state index in [4.69, 9.17) is 0 Å². The zero-order chi connectivity index (χ0) is 23.2. The second-order valence-electron chi connectivity index (χ2n) is 7.34. The molecule has 0 spiro atoms. The lowest BCUT2D eigenvalue weighted by Crippen LogP contribution is -2.46. The average Bonchev–Trinajstić information content (AvgIpc) is 2.80. The normalized spacial score (nSPS) is 14.1. The number of rotatable bonds is 8. The molecule has 0 radical (unpaired) electrons. The molecule has 170 valence electrons. The molecule has 1 atom stereocenters. The molecule has 1 aliphatic rings. The van der Waals surface area contributed by atoms with E-state index in [9.17, 15) is 14.4 Å². The van der Waals surface area contributed by atoms with Gasteiger partial charge in [-0.05, 0) is 50.6 Å². The van der Waals surface area contributed by atoms with Crippen LogP contribution in [0.5, 0.6) is 0 Å². The van der Waals surface area contributed by atoms with Gasteiger partial charge in [0.2, 0.25) is 18.7 Å². The average molecular weight is 429 g/mol. The number of nitrogens with zero attached hydrogens (tertiary/aromatic N) is 2. The molecule has 0 bridgehead atoms. The van der Waals surface area contributed by atoms with Crippen LogP contribution in [-0.4, -0.2) is 52.0 Å². The third-order valence-corrected chi connectivity index (χ3v) is 5.01. The zero-order valence-electron chi connectivity index (χ0n) is 19.4. The number of hydrogen-bond donors (Lipinski definition) is 2. The molecule has 1 fully saturated rings. The lowest BCUT2D eigenvalue weighted by Gasteiger charge is -2.30. The topological polar surface area (TPSA) is 81.8 Å². The van der Waals surface area contributed by atoms with Crippen molar-refractivity contribution in [1.82, 2.24) is 10.6 Å². The Morgan fingerprint density at radius 3 is 2.45 bits per heavy atom. The van der Waals surface area contributed by atoms with E-state index >= 15 is 0 Å². The van der Waals surface area contributed by atoms with Gasteiger partial charge >= 0.3 is 0 Å². The molecular weight excluding hydrogens is 392 g/mol. The highest BCUT2D eigenvalue weighted by molar-refractivity contribution is 5.98. The number of nitrogens with one attached hydrogen (secondary N) is 2.